The first-order chi connectivity index (χ1) is 8.19. The molecule has 1 aliphatic carbocycles. The predicted octanol–water partition coefficient (Wildman–Crippen LogP) is 4.34. The van der Waals surface area contributed by atoms with Crippen molar-refractivity contribution in [2.75, 3.05) is 11.9 Å². The van der Waals surface area contributed by atoms with Gasteiger partial charge in [0.2, 0.25) is 0 Å². The van der Waals surface area contributed by atoms with Crippen LogP contribution in [0.1, 0.15) is 33.1 Å². The Hall–Kier alpha value is -0.890. The molecule has 1 fully saturated rings. The number of hydrogen-bond donors (Lipinski definition) is 1. The van der Waals surface area contributed by atoms with Crippen molar-refractivity contribution < 1.29 is 4.74 Å². The Labute approximate surface area is 108 Å². The van der Waals surface area contributed by atoms with Crippen LogP contribution in [0.15, 0.2) is 18.2 Å². The molecule has 1 aliphatic rings. The Morgan fingerprint density at radius 1 is 1.41 bits per heavy atom. The molecule has 3 heteroatoms. The van der Waals surface area contributed by atoms with Gasteiger partial charge in [0.05, 0.1) is 11.6 Å². The van der Waals surface area contributed by atoms with Crippen LogP contribution in [0.2, 0.25) is 5.02 Å². The van der Waals surface area contributed by atoms with Crippen LogP contribution >= 0.6 is 11.6 Å². The highest BCUT2D eigenvalue weighted by molar-refractivity contribution is 6.32. The van der Waals surface area contributed by atoms with E-state index in [-0.39, 0.29) is 0 Å². The predicted molar refractivity (Wildman–Crippen MR) is 73.0 cm³/mol. The molecule has 2 atom stereocenters. The number of ether oxygens (including phenoxy) is 1. The zero-order valence-corrected chi connectivity index (χ0v) is 11.3. The molecule has 0 spiro atoms. The van der Waals surface area contributed by atoms with Gasteiger partial charge in [0.25, 0.3) is 0 Å². The Morgan fingerprint density at radius 3 is 2.82 bits per heavy atom. The molecule has 0 radical (unpaired) electrons. The van der Waals surface area contributed by atoms with Gasteiger partial charge in [0.15, 0.2) is 0 Å². The average molecular weight is 254 g/mol. The molecule has 17 heavy (non-hydrogen) atoms. The van der Waals surface area contributed by atoms with E-state index in [0.717, 1.165) is 17.4 Å². The third-order valence-electron chi connectivity index (χ3n) is 3.30. The second kappa shape index (κ2) is 5.63. The summed E-state index contributed by atoms with van der Waals surface area (Å²) in [7, 11) is 0. The van der Waals surface area contributed by atoms with Gasteiger partial charge in [-0.1, -0.05) is 18.5 Å². The summed E-state index contributed by atoms with van der Waals surface area (Å²) in [6.45, 7) is 4.92. The second-order valence-corrected chi connectivity index (χ2v) is 5.24. The van der Waals surface area contributed by atoms with Crippen LogP contribution in [0, 0.1) is 5.92 Å². The van der Waals surface area contributed by atoms with Gasteiger partial charge in [-0.25, -0.2) is 0 Å². The van der Waals surface area contributed by atoms with Gasteiger partial charge in [-0.15, -0.1) is 0 Å². The summed E-state index contributed by atoms with van der Waals surface area (Å²) in [5.41, 5.74) is 1.09. The molecule has 0 aromatic heterocycles. The standard InChI is InChI=1S/C14H20ClNO/c1-3-17-14-7-6-12(9-13(14)15)16-11-5-4-10(2)8-11/h6-7,9-11,16H,3-5,8H2,1-2H3. The molecular weight excluding hydrogens is 234 g/mol. The maximum atomic E-state index is 6.16. The van der Waals surface area contributed by atoms with Crippen molar-refractivity contribution >= 4 is 17.3 Å². The van der Waals surface area contributed by atoms with Gasteiger partial charge in [0, 0.05) is 11.7 Å². The first kappa shape index (κ1) is 12.6. The maximum absolute atomic E-state index is 6.16. The largest absolute Gasteiger partial charge is 0.492 e. The summed E-state index contributed by atoms with van der Waals surface area (Å²) in [4.78, 5) is 0. The highest BCUT2D eigenvalue weighted by Crippen LogP contribution is 2.31. The van der Waals surface area contributed by atoms with Crippen molar-refractivity contribution in [1.82, 2.24) is 0 Å². The Morgan fingerprint density at radius 2 is 2.24 bits per heavy atom. The third kappa shape index (κ3) is 3.29. The molecule has 0 saturated heterocycles. The van der Waals surface area contributed by atoms with Crippen molar-refractivity contribution in [2.24, 2.45) is 5.92 Å². The van der Waals surface area contributed by atoms with E-state index in [0.29, 0.717) is 17.7 Å². The lowest BCUT2D eigenvalue weighted by atomic mass is 10.1. The molecular formula is C14H20ClNO. The molecule has 0 bridgehead atoms. The molecule has 1 aromatic carbocycles. The molecule has 94 valence electrons. The number of benzene rings is 1. The average Bonchev–Trinajstić information content (AvgIpc) is 2.68. The fraction of sp³-hybridized carbons (Fsp3) is 0.571. The van der Waals surface area contributed by atoms with E-state index >= 15 is 0 Å². The van der Waals surface area contributed by atoms with Crippen LogP contribution in [0.5, 0.6) is 5.75 Å². The highest BCUT2D eigenvalue weighted by Gasteiger charge is 2.21. The van der Waals surface area contributed by atoms with E-state index in [2.05, 4.69) is 12.2 Å². The van der Waals surface area contributed by atoms with Crippen LogP contribution in [-0.4, -0.2) is 12.6 Å². The minimum Gasteiger partial charge on any atom is -0.492 e. The molecule has 0 aliphatic heterocycles. The number of nitrogens with one attached hydrogen (secondary N) is 1. The number of halogens is 1. The molecule has 1 aromatic rings. The minimum atomic E-state index is 0.596. The maximum Gasteiger partial charge on any atom is 0.138 e. The van der Waals surface area contributed by atoms with Crippen molar-refractivity contribution in [1.29, 1.82) is 0 Å². The molecule has 0 heterocycles. The van der Waals surface area contributed by atoms with E-state index in [1.807, 2.05) is 25.1 Å². The Bertz CT molecular complexity index is 380. The van der Waals surface area contributed by atoms with Gasteiger partial charge in [-0.2, -0.15) is 0 Å². The third-order valence-corrected chi connectivity index (χ3v) is 3.59. The minimum absolute atomic E-state index is 0.596. The highest BCUT2D eigenvalue weighted by atomic mass is 35.5. The summed E-state index contributed by atoms with van der Waals surface area (Å²) < 4.78 is 5.42. The van der Waals surface area contributed by atoms with Crippen LogP contribution in [-0.2, 0) is 0 Å². The van der Waals surface area contributed by atoms with Gasteiger partial charge < -0.3 is 10.1 Å². The lowest BCUT2D eigenvalue weighted by molar-refractivity contribution is 0.340. The first-order valence-corrected chi connectivity index (χ1v) is 6.75. The molecule has 0 amide bonds. The summed E-state index contributed by atoms with van der Waals surface area (Å²) in [6, 6.07) is 6.53. The van der Waals surface area contributed by atoms with Crippen molar-refractivity contribution in [2.45, 2.75) is 39.2 Å². The van der Waals surface area contributed by atoms with Crippen LogP contribution in [0.25, 0.3) is 0 Å². The fourth-order valence-corrected chi connectivity index (χ4v) is 2.67. The summed E-state index contributed by atoms with van der Waals surface area (Å²) >= 11 is 6.16. The van der Waals surface area contributed by atoms with Crippen LogP contribution < -0.4 is 10.1 Å². The van der Waals surface area contributed by atoms with Gasteiger partial charge in [-0.05, 0) is 50.3 Å². The lowest BCUT2D eigenvalue weighted by Gasteiger charge is -2.15. The number of anilines is 1. The Balaban J connectivity index is 1.99. The van der Waals surface area contributed by atoms with Crippen LogP contribution in [0.4, 0.5) is 5.69 Å². The molecule has 2 rings (SSSR count). The molecule has 2 nitrogen and oxygen atoms in total. The van der Waals surface area contributed by atoms with E-state index in [1.54, 1.807) is 0 Å². The second-order valence-electron chi connectivity index (χ2n) is 4.84. The quantitative estimate of drug-likeness (QED) is 0.862. The summed E-state index contributed by atoms with van der Waals surface area (Å²) in [5, 5.41) is 4.22. The molecule has 1 N–H and O–H groups in total. The monoisotopic (exact) mass is 253 g/mol. The number of rotatable bonds is 4. The smallest absolute Gasteiger partial charge is 0.138 e. The van der Waals surface area contributed by atoms with Crippen molar-refractivity contribution in [3.8, 4) is 5.75 Å². The molecule has 1 saturated carbocycles. The van der Waals surface area contributed by atoms with Gasteiger partial charge in [0.1, 0.15) is 5.75 Å². The topological polar surface area (TPSA) is 21.3 Å². The summed E-state index contributed by atoms with van der Waals surface area (Å²) in [6.07, 6.45) is 3.83. The van der Waals surface area contributed by atoms with E-state index in [9.17, 15) is 0 Å². The van der Waals surface area contributed by atoms with E-state index < -0.39 is 0 Å². The van der Waals surface area contributed by atoms with E-state index in [4.69, 9.17) is 16.3 Å². The normalized spacial score (nSPS) is 23.7. The number of hydrogen-bond acceptors (Lipinski definition) is 2. The SMILES string of the molecule is CCOc1ccc(NC2CCC(C)C2)cc1Cl. The zero-order chi connectivity index (χ0) is 12.3. The van der Waals surface area contributed by atoms with Gasteiger partial charge in [-0.3, -0.25) is 0 Å². The summed E-state index contributed by atoms with van der Waals surface area (Å²) in [5.74, 6) is 1.60. The molecule has 2 unspecified atom stereocenters. The first-order valence-electron chi connectivity index (χ1n) is 6.38. The van der Waals surface area contributed by atoms with Gasteiger partial charge >= 0.3 is 0 Å². The Kier molecular flexibility index (Phi) is 4.16. The fourth-order valence-electron chi connectivity index (χ4n) is 2.44. The van der Waals surface area contributed by atoms with Crippen molar-refractivity contribution in [3.05, 3.63) is 23.2 Å². The lowest BCUT2D eigenvalue weighted by Crippen LogP contribution is -2.15. The van der Waals surface area contributed by atoms with E-state index in [1.165, 1.54) is 19.3 Å². The zero-order valence-electron chi connectivity index (χ0n) is 10.5. The van der Waals surface area contributed by atoms with Crippen molar-refractivity contribution in [3.63, 3.8) is 0 Å². The van der Waals surface area contributed by atoms with Crippen LogP contribution in [0.3, 0.4) is 0 Å².